The molecule has 3 aromatic heterocycles. The molecular formula is C21H21BrN6O2. The van der Waals surface area contributed by atoms with Crippen molar-refractivity contribution in [1.82, 2.24) is 24.7 Å². The van der Waals surface area contributed by atoms with Gasteiger partial charge >= 0.3 is 0 Å². The number of pyridine rings is 1. The lowest BCUT2D eigenvalue weighted by Gasteiger charge is -2.35. The summed E-state index contributed by atoms with van der Waals surface area (Å²) in [5, 5.41) is 9.95. The van der Waals surface area contributed by atoms with E-state index in [-0.39, 0.29) is 6.10 Å². The second-order valence-electron chi connectivity index (χ2n) is 7.31. The molecule has 0 radical (unpaired) electrons. The number of hydrogen-bond acceptors (Lipinski definition) is 7. The maximum absolute atomic E-state index is 5.74. The lowest BCUT2D eigenvalue weighted by atomic mass is 9.89. The lowest BCUT2D eigenvalue weighted by Crippen LogP contribution is -2.41. The minimum atomic E-state index is 0.271. The van der Waals surface area contributed by atoms with E-state index in [1.807, 2.05) is 28.9 Å². The predicted octanol–water partition coefficient (Wildman–Crippen LogP) is 3.73. The van der Waals surface area contributed by atoms with Gasteiger partial charge < -0.3 is 14.8 Å². The molecule has 9 heteroatoms. The zero-order valence-corrected chi connectivity index (χ0v) is 18.0. The van der Waals surface area contributed by atoms with Gasteiger partial charge in [-0.3, -0.25) is 4.98 Å². The van der Waals surface area contributed by atoms with Crippen LogP contribution in [0.1, 0.15) is 12.8 Å². The largest absolute Gasteiger partial charge is 0.382 e. The summed E-state index contributed by atoms with van der Waals surface area (Å²) in [6.07, 6.45) is 5.73. The molecule has 0 amide bonds. The highest BCUT2D eigenvalue weighted by molar-refractivity contribution is 9.10. The Kier molecular flexibility index (Phi) is 5.32. The molecule has 1 fully saturated rings. The highest BCUT2D eigenvalue weighted by atomic mass is 79.9. The summed E-state index contributed by atoms with van der Waals surface area (Å²) in [7, 11) is 1.68. The van der Waals surface area contributed by atoms with E-state index >= 15 is 0 Å². The average molecular weight is 469 g/mol. The summed E-state index contributed by atoms with van der Waals surface area (Å²) < 4.78 is 13.3. The van der Waals surface area contributed by atoms with Crippen LogP contribution >= 0.6 is 15.9 Å². The molecule has 0 spiro atoms. The van der Waals surface area contributed by atoms with Crippen LogP contribution in [0.3, 0.4) is 0 Å². The van der Waals surface area contributed by atoms with E-state index in [0.29, 0.717) is 29.8 Å². The molecule has 30 heavy (non-hydrogen) atoms. The van der Waals surface area contributed by atoms with Gasteiger partial charge in [0.2, 0.25) is 5.95 Å². The number of hydrogen-bond donors (Lipinski definition) is 1. The molecular weight excluding hydrogens is 448 g/mol. The van der Waals surface area contributed by atoms with Crippen molar-refractivity contribution in [2.75, 3.05) is 25.6 Å². The molecule has 4 aromatic rings. The fourth-order valence-electron chi connectivity index (χ4n) is 3.61. The first kappa shape index (κ1) is 19.3. The zero-order valence-electron chi connectivity index (χ0n) is 16.5. The zero-order chi connectivity index (χ0) is 20.5. The van der Waals surface area contributed by atoms with Crippen LogP contribution in [0.5, 0.6) is 0 Å². The van der Waals surface area contributed by atoms with Crippen molar-refractivity contribution in [1.29, 1.82) is 0 Å². The van der Waals surface area contributed by atoms with Crippen molar-refractivity contribution in [3.63, 3.8) is 0 Å². The average Bonchev–Trinajstić information content (AvgIpc) is 3.07. The van der Waals surface area contributed by atoms with Gasteiger partial charge in [0.05, 0.1) is 35.9 Å². The molecule has 1 aromatic carbocycles. The minimum Gasteiger partial charge on any atom is -0.382 e. The van der Waals surface area contributed by atoms with Gasteiger partial charge in [-0.1, -0.05) is 6.07 Å². The van der Waals surface area contributed by atoms with E-state index in [1.54, 1.807) is 19.5 Å². The molecule has 1 aliphatic rings. The standard InChI is InChI=1S/C21H21BrN6O2/c1-29-7-8-30-16-10-14(11-16)25-21-24-12-17-19(22)27-28(20(17)26-21)15-4-5-18-13(9-15)3-2-6-23-18/h2-6,9,12,14,16H,7-8,10-11H2,1H3,(H,24,25,26). The van der Waals surface area contributed by atoms with Crippen LogP contribution in [0.4, 0.5) is 5.95 Å². The van der Waals surface area contributed by atoms with Crippen LogP contribution in [0.15, 0.2) is 47.3 Å². The SMILES string of the molecule is COCCOC1CC(Nc2ncc3c(Br)nn(-c4ccc5ncccc5c4)c3n2)C1. The first-order valence-electron chi connectivity index (χ1n) is 9.85. The monoisotopic (exact) mass is 468 g/mol. The topological polar surface area (TPSA) is 87.0 Å². The Bertz CT molecular complexity index is 1190. The van der Waals surface area contributed by atoms with Gasteiger partial charge in [0.1, 0.15) is 4.60 Å². The van der Waals surface area contributed by atoms with Gasteiger partial charge in [0.15, 0.2) is 5.65 Å². The minimum absolute atomic E-state index is 0.271. The number of benzene rings is 1. The number of rotatable bonds is 7. The van der Waals surface area contributed by atoms with Gasteiger partial charge in [-0.15, -0.1) is 0 Å². The summed E-state index contributed by atoms with van der Waals surface area (Å²) in [6.45, 7) is 1.25. The molecule has 0 aliphatic heterocycles. The van der Waals surface area contributed by atoms with Crippen LogP contribution in [-0.4, -0.2) is 57.2 Å². The number of nitrogens with zero attached hydrogens (tertiary/aromatic N) is 5. The first-order valence-corrected chi connectivity index (χ1v) is 10.6. The van der Waals surface area contributed by atoms with E-state index < -0.39 is 0 Å². The number of methoxy groups -OCH3 is 1. The number of aromatic nitrogens is 5. The van der Waals surface area contributed by atoms with E-state index in [2.05, 4.69) is 42.4 Å². The molecule has 0 atom stereocenters. The Morgan fingerprint density at radius 3 is 2.97 bits per heavy atom. The van der Waals surface area contributed by atoms with Gasteiger partial charge in [-0.05, 0) is 53.0 Å². The summed E-state index contributed by atoms with van der Waals surface area (Å²) >= 11 is 3.53. The van der Waals surface area contributed by atoms with Crippen molar-refractivity contribution in [3.8, 4) is 5.69 Å². The highest BCUT2D eigenvalue weighted by Crippen LogP contribution is 2.29. The second-order valence-corrected chi connectivity index (χ2v) is 8.06. The maximum Gasteiger partial charge on any atom is 0.224 e. The third kappa shape index (κ3) is 3.76. The fraction of sp³-hybridized carbons (Fsp3) is 0.333. The number of anilines is 1. The Morgan fingerprint density at radius 1 is 1.20 bits per heavy atom. The Labute approximate surface area is 181 Å². The normalized spacial score (nSPS) is 18.6. The maximum atomic E-state index is 5.74. The first-order chi connectivity index (χ1) is 14.7. The molecule has 8 nitrogen and oxygen atoms in total. The number of halogens is 1. The van der Waals surface area contributed by atoms with Crippen molar-refractivity contribution in [2.24, 2.45) is 0 Å². The van der Waals surface area contributed by atoms with Crippen LogP contribution in [0, 0.1) is 0 Å². The molecule has 1 N–H and O–H groups in total. The second kappa shape index (κ2) is 8.25. The quantitative estimate of drug-likeness (QED) is 0.413. The van der Waals surface area contributed by atoms with Gasteiger partial charge in [-0.2, -0.15) is 10.1 Å². The van der Waals surface area contributed by atoms with Crippen LogP contribution < -0.4 is 5.32 Å². The molecule has 154 valence electrons. The lowest BCUT2D eigenvalue weighted by molar-refractivity contribution is -0.0261. The Morgan fingerprint density at radius 2 is 2.10 bits per heavy atom. The van der Waals surface area contributed by atoms with Gasteiger partial charge in [0.25, 0.3) is 0 Å². The molecule has 5 rings (SSSR count). The molecule has 0 bridgehead atoms. The van der Waals surface area contributed by atoms with Gasteiger partial charge in [0, 0.05) is 30.9 Å². The third-order valence-corrected chi connectivity index (χ3v) is 5.87. The van der Waals surface area contributed by atoms with E-state index in [9.17, 15) is 0 Å². The third-order valence-electron chi connectivity index (χ3n) is 5.28. The summed E-state index contributed by atoms with van der Waals surface area (Å²) in [4.78, 5) is 13.6. The Hall–Kier alpha value is -2.62. The summed E-state index contributed by atoms with van der Waals surface area (Å²) in [5.74, 6) is 0.596. The Balaban J connectivity index is 1.38. The number of nitrogens with one attached hydrogen (secondary N) is 1. The van der Waals surface area contributed by atoms with Crippen molar-refractivity contribution < 1.29 is 9.47 Å². The molecule has 0 unspecified atom stereocenters. The summed E-state index contributed by atoms with van der Waals surface area (Å²) in [5.41, 5.74) is 2.61. The van der Waals surface area contributed by atoms with Crippen LogP contribution in [-0.2, 0) is 9.47 Å². The van der Waals surface area contributed by atoms with E-state index in [1.165, 1.54) is 0 Å². The van der Waals surface area contributed by atoms with Crippen molar-refractivity contribution >= 4 is 43.8 Å². The predicted molar refractivity (Wildman–Crippen MR) is 118 cm³/mol. The molecule has 1 aliphatic carbocycles. The van der Waals surface area contributed by atoms with Crippen molar-refractivity contribution in [2.45, 2.75) is 25.0 Å². The molecule has 1 saturated carbocycles. The smallest absolute Gasteiger partial charge is 0.224 e. The fourth-order valence-corrected chi connectivity index (χ4v) is 4.05. The van der Waals surface area contributed by atoms with E-state index in [0.717, 1.165) is 40.5 Å². The van der Waals surface area contributed by atoms with Gasteiger partial charge in [-0.25, -0.2) is 9.67 Å². The number of ether oxygens (including phenoxy) is 2. The molecule has 3 heterocycles. The summed E-state index contributed by atoms with van der Waals surface area (Å²) in [6, 6.07) is 10.3. The van der Waals surface area contributed by atoms with Crippen LogP contribution in [0.2, 0.25) is 0 Å². The highest BCUT2D eigenvalue weighted by Gasteiger charge is 2.30. The molecule has 0 saturated heterocycles. The van der Waals surface area contributed by atoms with Crippen molar-refractivity contribution in [3.05, 3.63) is 47.3 Å². The van der Waals surface area contributed by atoms with Crippen LogP contribution in [0.25, 0.3) is 27.6 Å². The number of fused-ring (bicyclic) bond motifs is 2. The van der Waals surface area contributed by atoms with E-state index in [4.69, 9.17) is 14.5 Å².